The molecule has 6 heteroatoms. The lowest BCUT2D eigenvalue weighted by atomic mass is 9.46. The van der Waals surface area contributed by atoms with E-state index in [1.165, 1.54) is 0 Å². The summed E-state index contributed by atoms with van der Waals surface area (Å²) in [5, 5.41) is 21.6. The maximum Gasteiger partial charge on any atom is 0.193 e. The molecule has 1 saturated heterocycles. The number of ether oxygens (including phenoxy) is 2. The highest BCUT2D eigenvalue weighted by Crippen LogP contribution is 2.70. The summed E-state index contributed by atoms with van der Waals surface area (Å²) in [4.78, 5) is 25.4. The lowest BCUT2D eigenvalue weighted by molar-refractivity contribution is -0.212. The third kappa shape index (κ3) is 2.45. The summed E-state index contributed by atoms with van der Waals surface area (Å²) in [5.41, 5.74) is -1.01. The van der Waals surface area contributed by atoms with Crippen LogP contribution in [0.1, 0.15) is 58.8 Å². The summed E-state index contributed by atoms with van der Waals surface area (Å²) < 4.78 is 13.0. The molecule has 0 spiro atoms. The summed E-state index contributed by atoms with van der Waals surface area (Å²) >= 11 is 0. The van der Waals surface area contributed by atoms with E-state index >= 15 is 0 Å². The van der Waals surface area contributed by atoms with Crippen molar-refractivity contribution in [1.29, 1.82) is 0 Å². The van der Waals surface area contributed by atoms with Crippen molar-refractivity contribution in [3.05, 3.63) is 23.8 Å². The summed E-state index contributed by atoms with van der Waals surface area (Å²) in [7, 11) is 0. The fraction of sp³-hybridized carbons (Fsp3) is 0.769. The highest BCUT2D eigenvalue weighted by Gasteiger charge is 2.76. The molecule has 6 aliphatic rings. The first-order chi connectivity index (χ1) is 15.2. The molecule has 5 fully saturated rings. The molecule has 1 unspecified atom stereocenters. The predicted molar refractivity (Wildman–Crippen MR) is 115 cm³/mol. The van der Waals surface area contributed by atoms with Gasteiger partial charge in [0.2, 0.25) is 0 Å². The van der Waals surface area contributed by atoms with Gasteiger partial charge in [-0.3, -0.25) is 9.59 Å². The maximum atomic E-state index is 13.4. The first-order valence-electron chi connectivity index (χ1n) is 12.3. The number of allylic oxidation sites excluding steroid dienone is 4. The van der Waals surface area contributed by atoms with E-state index < -0.39 is 23.7 Å². The van der Waals surface area contributed by atoms with E-state index in [9.17, 15) is 19.8 Å². The second kappa shape index (κ2) is 6.84. The number of hydrogen-bond donors (Lipinski definition) is 2. The number of carbonyl (C=O) groups is 2. The standard InChI is InChI=1S/C26H34O6/c1-24-9-8-16(28)10-15(24)6-7-17-18-11-21-26(20(30)13-27,25(18,2)12-19(29)22(17)24)32-23(31-21)14-4-3-5-14/h8-10,14,17-19,21-23,27,29H,3-7,11-13H2,1-2H3/t17-,18-,19-,21+,22+,23?,24-,25-,26+/m0/s1. The van der Waals surface area contributed by atoms with Crippen LogP contribution in [0.25, 0.3) is 0 Å². The van der Waals surface area contributed by atoms with Gasteiger partial charge in [0.15, 0.2) is 23.5 Å². The first kappa shape index (κ1) is 21.2. The van der Waals surface area contributed by atoms with Gasteiger partial charge in [0.25, 0.3) is 0 Å². The molecular formula is C26H34O6. The Labute approximate surface area is 189 Å². The van der Waals surface area contributed by atoms with Crippen molar-refractivity contribution in [3.63, 3.8) is 0 Å². The number of rotatable bonds is 3. The molecule has 6 rings (SSSR count). The number of aliphatic hydroxyl groups excluding tert-OH is 2. The van der Waals surface area contributed by atoms with Gasteiger partial charge < -0.3 is 19.7 Å². The van der Waals surface area contributed by atoms with Crippen molar-refractivity contribution in [2.75, 3.05) is 6.61 Å². The SMILES string of the molecule is C[C@]12C=CC(=O)C=C1CC[C@@H]1[C@@H]2[C@@H](O)C[C@@]2(C)[C@H]1C[C@H]1OC(C3CCC3)O[C@]12C(=O)CO. The Morgan fingerprint density at radius 3 is 2.72 bits per heavy atom. The predicted octanol–water partition coefficient (Wildman–Crippen LogP) is 2.72. The van der Waals surface area contributed by atoms with Crippen molar-refractivity contribution in [2.24, 2.45) is 34.5 Å². The van der Waals surface area contributed by atoms with E-state index in [0.717, 1.165) is 44.1 Å². The van der Waals surface area contributed by atoms with Gasteiger partial charge >= 0.3 is 0 Å². The molecule has 0 radical (unpaired) electrons. The molecule has 0 aromatic carbocycles. The van der Waals surface area contributed by atoms with Crippen LogP contribution >= 0.6 is 0 Å². The monoisotopic (exact) mass is 442 g/mol. The smallest absolute Gasteiger partial charge is 0.193 e. The summed E-state index contributed by atoms with van der Waals surface area (Å²) in [6, 6.07) is 0. The van der Waals surface area contributed by atoms with Crippen LogP contribution in [0.3, 0.4) is 0 Å². The van der Waals surface area contributed by atoms with Gasteiger partial charge in [-0.15, -0.1) is 0 Å². The van der Waals surface area contributed by atoms with Gasteiger partial charge in [0.1, 0.15) is 6.61 Å². The van der Waals surface area contributed by atoms with Crippen LogP contribution in [0.4, 0.5) is 0 Å². The Bertz CT molecular complexity index is 919. The van der Waals surface area contributed by atoms with Crippen LogP contribution in [-0.4, -0.2) is 52.5 Å². The van der Waals surface area contributed by atoms with E-state index in [4.69, 9.17) is 9.47 Å². The Morgan fingerprint density at radius 1 is 1.25 bits per heavy atom. The van der Waals surface area contributed by atoms with Gasteiger partial charge in [-0.1, -0.05) is 31.9 Å². The Morgan fingerprint density at radius 2 is 2.03 bits per heavy atom. The van der Waals surface area contributed by atoms with Gasteiger partial charge in [-0.2, -0.15) is 0 Å². The van der Waals surface area contributed by atoms with Crippen LogP contribution in [-0.2, 0) is 19.1 Å². The zero-order valence-electron chi connectivity index (χ0n) is 19.0. The molecule has 0 bridgehead atoms. The first-order valence-corrected chi connectivity index (χ1v) is 12.3. The van der Waals surface area contributed by atoms with Gasteiger partial charge in [-0.25, -0.2) is 0 Å². The molecule has 2 N–H and O–H groups in total. The van der Waals surface area contributed by atoms with Crippen LogP contribution in [0, 0.1) is 34.5 Å². The molecular weight excluding hydrogens is 408 g/mol. The van der Waals surface area contributed by atoms with E-state index in [0.29, 0.717) is 12.3 Å². The molecule has 0 aromatic rings. The lowest BCUT2D eigenvalue weighted by Crippen LogP contribution is -2.63. The summed E-state index contributed by atoms with van der Waals surface area (Å²) in [6.07, 6.45) is 10.1. The maximum absolute atomic E-state index is 13.4. The normalized spacial score (nSPS) is 51.9. The molecule has 1 heterocycles. The van der Waals surface area contributed by atoms with Gasteiger partial charge in [-0.05, 0) is 62.5 Å². The Balaban J connectivity index is 1.39. The van der Waals surface area contributed by atoms with Crippen molar-refractivity contribution in [2.45, 2.75) is 82.9 Å². The van der Waals surface area contributed by atoms with E-state index in [1.807, 2.05) is 6.08 Å². The van der Waals surface area contributed by atoms with Gasteiger partial charge in [0, 0.05) is 22.7 Å². The molecule has 174 valence electrons. The molecule has 9 atom stereocenters. The number of fused-ring (bicyclic) bond motifs is 7. The average molecular weight is 443 g/mol. The summed E-state index contributed by atoms with van der Waals surface area (Å²) in [6.45, 7) is 3.67. The highest BCUT2D eigenvalue weighted by atomic mass is 16.7. The zero-order valence-corrected chi connectivity index (χ0v) is 19.0. The minimum Gasteiger partial charge on any atom is -0.393 e. The second-order valence-electron chi connectivity index (χ2n) is 11.6. The van der Waals surface area contributed by atoms with Crippen LogP contribution < -0.4 is 0 Å². The number of ketones is 2. The Kier molecular flexibility index (Phi) is 4.54. The number of Topliss-reactive ketones (excluding diaryl/α,β-unsaturated/α-hetero) is 1. The minimum atomic E-state index is -1.19. The quantitative estimate of drug-likeness (QED) is 0.698. The van der Waals surface area contributed by atoms with Crippen LogP contribution in [0.2, 0.25) is 0 Å². The fourth-order valence-corrected chi connectivity index (χ4v) is 8.63. The fourth-order valence-electron chi connectivity index (χ4n) is 8.63. The molecule has 6 nitrogen and oxygen atoms in total. The third-order valence-electron chi connectivity index (χ3n) is 10.3. The highest BCUT2D eigenvalue weighted by molar-refractivity contribution is 6.01. The van der Waals surface area contributed by atoms with Gasteiger partial charge in [0.05, 0.1) is 12.2 Å². The largest absolute Gasteiger partial charge is 0.393 e. The van der Waals surface area contributed by atoms with Crippen molar-refractivity contribution < 1.29 is 29.3 Å². The third-order valence-corrected chi connectivity index (χ3v) is 10.3. The topological polar surface area (TPSA) is 93.1 Å². The molecule has 1 aliphatic heterocycles. The van der Waals surface area contributed by atoms with Crippen LogP contribution in [0.5, 0.6) is 0 Å². The molecule has 5 aliphatic carbocycles. The minimum absolute atomic E-state index is 0.00698. The summed E-state index contributed by atoms with van der Waals surface area (Å²) in [5.74, 6) is 0.393. The van der Waals surface area contributed by atoms with Crippen molar-refractivity contribution in [3.8, 4) is 0 Å². The van der Waals surface area contributed by atoms with Crippen molar-refractivity contribution in [1.82, 2.24) is 0 Å². The average Bonchev–Trinajstić information content (AvgIpc) is 3.19. The number of hydrogen-bond acceptors (Lipinski definition) is 6. The molecule has 0 aromatic heterocycles. The molecule has 4 saturated carbocycles. The molecule has 0 amide bonds. The second-order valence-corrected chi connectivity index (χ2v) is 11.6. The van der Waals surface area contributed by atoms with Crippen molar-refractivity contribution >= 4 is 11.6 Å². The van der Waals surface area contributed by atoms with E-state index in [-0.39, 0.29) is 47.1 Å². The number of aliphatic hydroxyl groups is 2. The van der Waals surface area contributed by atoms with Crippen LogP contribution in [0.15, 0.2) is 23.8 Å². The van der Waals surface area contributed by atoms with E-state index in [1.54, 1.807) is 12.2 Å². The zero-order chi connectivity index (χ0) is 22.5. The lowest BCUT2D eigenvalue weighted by Gasteiger charge is -2.59. The Hall–Kier alpha value is -1.34. The number of carbonyl (C=O) groups excluding carboxylic acids is 2. The molecule has 32 heavy (non-hydrogen) atoms. The van der Waals surface area contributed by atoms with E-state index in [2.05, 4.69) is 13.8 Å².